The summed E-state index contributed by atoms with van der Waals surface area (Å²) in [6.45, 7) is 0.892. The molecule has 0 aromatic carbocycles. The van der Waals surface area contributed by atoms with E-state index in [-0.39, 0.29) is 0 Å². The summed E-state index contributed by atoms with van der Waals surface area (Å²) in [5, 5.41) is 19.3. The quantitative estimate of drug-likeness (QED) is 0.452. The normalized spacial score (nSPS) is 31.8. The van der Waals surface area contributed by atoms with Gasteiger partial charge in [0, 0.05) is 0 Å². The lowest BCUT2D eigenvalue weighted by molar-refractivity contribution is -0.0480. The third kappa shape index (κ3) is 2.38. The van der Waals surface area contributed by atoms with E-state index in [0.29, 0.717) is 10.8 Å². The van der Waals surface area contributed by atoms with Crippen molar-refractivity contribution in [2.24, 2.45) is 5.73 Å². The topological polar surface area (TPSA) is 131 Å². The maximum absolute atomic E-state index is 13.4. The molecule has 1 aliphatic heterocycles. The van der Waals surface area contributed by atoms with Crippen LogP contribution >= 0.6 is 0 Å². The second-order valence-electron chi connectivity index (χ2n) is 4.61. The van der Waals surface area contributed by atoms with Gasteiger partial charge in [-0.15, -0.1) is 5.92 Å². The lowest BCUT2D eigenvalue weighted by atomic mass is 9.91. The molecule has 0 bridgehead atoms. The van der Waals surface area contributed by atoms with Gasteiger partial charge in [0.25, 0.3) is 5.56 Å². The van der Waals surface area contributed by atoms with Crippen LogP contribution < -0.4 is 17.0 Å². The van der Waals surface area contributed by atoms with Crippen molar-refractivity contribution in [3.63, 3.8) is 0 Å². The van der Waals surface area contributed by atoms with E-state index in [2.05, 4.69) is 11.8 Å². The standard InChI is InChI=1S/C12H14FN3O5/c1-2-3-12(14)8(18)7(5-17)21-10(12)16-4-6(13)9(19)15-11(16)20/h4,7-8,10,17-18H,5,14H2,1H3,(H,15,19,20)/t7-,8+,10-,12?/m1/s1. The van der Waals surface area contributed by atoms with Crippen molar-refractivity contribution in [1.82, 2.24) is 9.55 Å². The maximum Gasteiger partial charge on any atom is 0.330 e. The van der Waals surface area contributed by atoms with E-state index in [9.17, 15) is 19.1 Å². The highest BCUT2D eigenvalue weighted by Gasteiger charge is 2.54. The molecule has 1 aromatic heterocycles. The Morgan fingerprint density at radius 2 is 2.29 bits per heavy atom. The molecule has 1 fully saturated rings. The fourth-order valence-corrected chi connectivity index (χ4v) is 2.23. The third-order valence-electron chi connectivity index (χ3n) is 3.25. The molecule has 0 saturated carbocycles. The van der Waals surface area contributed by atoms with Crippen LogP contribution in [0.15, 0.2) is 15.8 Å². The highest BCUT2D eigenvalue weighted by atomic mass is 19.1. The molecular weight excluding hydrogens is 285 g/mol. The zero-order chi connectivity index (χ0) is 15.8. The molecule has 2 rings (SSSR count). The molecule has 0 radical (unpaired) electrons. The van der Waals surface area contributed by atoms with Gasteiger partial charge in [-0.1, -0.05) is 5.92 Å². The first-order chi connectivity index (χ1) is 9.85. The SMILES string of the molecule is CC#CC1(N)[C@@H](O)[C@@H](CO)O[C@H]1n1cc(F)c(=O)[nH]c1=O. The van der Waals surface area contributed by atoms with Gasteiger partial charge in [-0.2, -0.15) is 4.39 Å². The number of nitrogens with one attached hydrogen (secondary N) is 1. The lowest BCUT2D eigenvalue weighted by Gasteiger charge is -2.27. The zero-order valence-corrected chi connectivity index (χ0v) is 11.0. The Balaban J connectivity index is 2.60. The first kappa shape index (κ1) is 15.4. The van der Waals surface area contributed by atoms with Crippen LogP contribution in [0, 0.1) is 17.7 Å². The number of rotatable bonds is 2. The van der Waals surface area contributed by atoms with Crippen LogP contribution in [-0.4, -0.2) is 44.1 Å². The monoisotopic (exact) mass is 299 g/mol. The maximum atomic E-state index is 13.4. The number of nitrogens with two attached hydrogens (primary N) is 1. The summed E-state index contributed by atoms with van der Waals surface area (Å²) >= 11 is 0. The van der Waals surface area contributed by atoms with Crippen LogP contribution in [0.1, 0.15) is 13.2 Å². The van der Waals surface area contributed by atoms with Gasteiger partial charge >= 0.3 is 5.69 Å². The molecule has 4 atom stereocenters. The molecule has 1 aliphatic rings. The number of hydrogen-bond donors (Lipinski definition) is 4. The fourth-order valence-electron chi connectivity index (χ4n) is 2.23. The summed E-state index contributed by atoms with van der Waals surface area (Å²) in [7, 11) is 0. The average molecular weight is 299 g/mol. The third-order valence-corrected chi connectivity index (χ3v) is 3.25. The van der Waals surface area contributed by atoms with Crippen LogP contribution in [-0.2, 0) is 4.74 Å². The average Bonchev–Trinajstić information content (AvgIpc) is 2.67. The second kappa shape index (κ2) is 5.42. The van der Waals surface area contributed by atoms with Crippen LogP contribution in [0.4, 0.5) is 4.39 Å². The Morgan fingerprint density at radius 3 is 2.86 bits per heavy atom. The van der Waals surface area contributed by atoms with Crippen LogP contribution in [0.3, 0.4) is 0 Å². The molecule has 5 N–H and O–H groups in total. The van der Waals surface area contributed by atoms with E-state index in [4.69, 9.17) is 15.6 Å². The summed E-state index contributed by atoms with van der Waals surface area (Å²) in [6, 6.07) is 0. The van der Waals surface area contributed by atoms with E-state index in [1.54, 1.807) is 4.98 Å². The number of halogens is 1. The van der Waals surface area contributed by atoms with E-state index >= 15 is 0 Å². The number of ether oxygens (including phenoxy) is 1. The first-order valence-corrected chi connectivity index (χ1v) is 6.03. The van der Waals surface area contributed by atoms with Gasteiger partial charge in [0.15, 0.2) is 11.8 Å². The van der Waals surface area contributed by atoms with Gasteiger partial charge in [0.1, 0.15) is 12.2 Å². The van der Waals surface area contributed by atoms with Crippen LogP contribution in [0.25, 0.3) is 0 Å². The van der Waals surface area contributed by atoms with Crippen molar-refractivity contribution >= 4 is 0 Å². The summed E-state index contributed by atoms with van der Waals surface area (Å²) in [6.07, 6.45) is -3.24. The molecule has 0 amide bonds. The van der Waals surface area contributed by atoms with Gasteiger partial charge in [-0.05, 0) is 6.92 Å². The Hall–Kier alpha value is -1.99. The molecule has 9 heteroatoms. The molecule has 0 aliphatic carbocycles. The van der Waals surface area contributed by atoms with Gasteiger partial charge in [-0.25, -0.2) is 4.79 Å². The molecule has 1 unspecified atom stereocenters. The van der Waals surface area contributed by atoms with Gasteiger partial charge in [0.2, 0.25) is 5.82 Å². The van der Waals surface area contributed by atoms with E-state index in [1.807, 2.05) is 0 Å². The summed E-state index contributed by atoms with van der Waals surface area (Å²) in [5.41, 5.74) is 2.09. The lowest BCUT2D eigenvalue weighted by Crippen LogP contribution is -2.55. The summed E-state index contributed by atoms with van der Waals surface area (Å²) in [5.74, 6) is 3.79. The van der Waals surface area contributed by atoms with Gasteiger partial charge in [0.05, 0.1) is 12.8 Å². The Kier molecular flexibility index (Phi) is 3.97. The number of aliphatic hydroxyl groups is 2. The van der Waals surface area contributed by atoms with Crippen molar-refractivity contribution in [1.29, 1.82) is 0 Å². The largest absolute Gasteiger partial charge is 0.394 e. The van der Waals surface area contributed by atoms with E-state index in [0.717, 1.165) is 0 Å². The number of aromatic nitrogens is 2. The Labute approximate surface area is 118 Å². The fraction of sp³-hybridized carbons (Fsp3) is 0.500. The van der Waals surface area contributed by atoms with Crippen molar-refractivity contribution in [3.05, 3.63) is 32.9 Å². The van der Waals surface area contributed by atoms with Crippen molar-refractivity contribution < 1.29 is 19.3 Å². The molecular formula is C12H14FN3O5. The zero-order valence-electron chi connectivity index (χ0n) is 11.0. The smallest absolute Gasteiger partial charge is 0.330 e. The number of hydrogen-bond acceptors (Lipinski definition) is 6. The molecule has 8 nitrogen and oxygen atoms in total. The molecule has 2 heterocycles. The Morgan fingerprint density at radius 1 is 1.62 bits per heavy atom. The van der Waals surface area contributed by atoms with Crippen molar-refractivity contribution in [2.45, 2.75) is 30.9 Å². The predicted molar refractivity (Wildman–Crippen MR) is 68.7 cm³/mol. The van der Waals surface area contributed by atoms with E-state index in [1.165, 1.54) is 6.92 Å². The number of nitrogens with zero attached hydrogens (tertiary/aromatic N) is 1. The van der Waals surface area contributed by atoms with E-state index < -0.39 is 47.6 Å². The number of aliphatic hydroxyl groups excluding tert-OH is 2. The molecule has 1 aromatic rings. The highest BCUT2D eigenvalue weighted by Crippen LogP contribution is 2.35. The van der Waals surface area contributed by atoms with Gasteiger partial charge < -0.3 is 20.7 Å². The minimum atomic E-state index is -1.74. The van der Waals surface area contributed by atoms with Crippen molar-refractivity contribution in [2.75, 3.05) is 6.61 Å². The molecule has 21 heavy (non-hydrogen) atoms. The number of H-pyrrole nitrogens is 1. The summed E-state index contributed by atoms with van der Waals surface area (Å²) in [4.78, 5) is 24.6. The molecule has 114 valence electrons. The second-order valence-corrected chi connectivity index (χ2v) is 4.61. The van der Waals surface area contributed by atoms with Gasteiger partial charge in [-0.3, -0.25) is 14.3 Å². The minimum Gasteiger partial charge on any atom is -0.394 e. The summed E-state index contributed by atoms with van der Waals surface area (Å²) < 4.78 is 19.4. The van der Waals surface area contributed by atoms with Crippen LogP contribution in [0.2, 0.25) is 0 Å². The number of aromatic amines is 1. The first-order valence-electron chi connectivity index (χ1n) is 6.03. The van der Waals surface area contributed by atoms with Crippen molar-refractivity contribution in [3.8, 4) is 11.8 Å². The highest BCUT2D eigenvalue weighted by molar-refractivity contribution is 5.25. The minimum absolute atomic E-state index is 0.567. The Bertz CT molecular complexity index is 718. The predicted octanol–water partition coefficient (Wildman–Crippen LogP) is -2.35. The molecule has 0 spiro atoms. The van der Waals surface area contributed by atoms with Crippen LogP contribution in [0.5, 0.6) is 0 Å². The molecule has 1 saturated heterocycles.